The molecule has 4 nitrogen and oxygen atoms in total. The van der Waals surface area contributed by atoms with E-state index in [0.29, 0.717) is 30.7 Å². The number of hydrogen-bond donors (Lipinski definition) is 1. The number of piperazine rings is 1. The van der Waals surface area contributed by atoms with Gasteiger partial charge in [0.05, 0.1) is 19.8 Å². The van der Waals surface area contributed by atoms with Crippen molar-refractivity contribution in [2.45, 2.75) is 57.5 Å². The zero-order valence-corrected chi connectivity index (χ0v) is 14.2. The van der Waals surface area contributed by atoms with Crippen LogP contribution in [0.25, 0.3) is 0 Å². The fourth-order valence-corrected chi connectivity index (χ4v) is 3.90. The summed E-state index contributed by atoms with van der Waals surface area (Å²) in [5.74, 6) is 0.692. The van der Waals surface area contributed by atoms with E-state index in [1.807, 2.05) is 0 Å². The van der Waals surface area contributed by atoms with Crippen molar-refractivity contribution in [1.29, 1.82) is 0 Å². The molecule has 21 heavy (non-hydrogen) atoms. The second kappa shape index (κ2) is 8.47. The van der Waals surface area contributed by atoms with Crippen LogP contribution in [-0.2, 0) is 9.47 Å². The van der Waals surface area contributed by atoms with Gasteiger partial charge < -0.3 is 14.8 Å². The molecule has 2 fully saturated rings. The molecule has 2 rings (SSSR count). The first-order valence-electron chi connectivity index (χ1n) is 8.73. The van der Waals surface area contributed by atoms with Crippen molar-refractivity contribution in [2.75, 3.05) is 46.6 Å². The van der Waals surface area contributed by atoms with Gasteiger partial charge in [-0.15, -0.1) is 0 Å². The van der Waals surface area contributed by atoms with Gasteiger partial charge in [0.15, 0.2) is 0 Å². The maximum absolute atomic E-state index is 5.69. The van der Waals surface area contributed by atoms with Crippen LogP contribution in [0.1, 0.15) is 46.0 Å². The van der Waals surface area contributed by atoms with Gasteiger partial charge in [0.1, 0.15) is 0 Å². The maximum atomic E-state index is 5.69. The minimum Gasteiger partial charge on any atom is -0.382 e. The molecular weight excluding hydrogens is 264 g/mol. The summed E-state index contributed by atoms with van der Waals surface area (Å²) in [6, 6.07) is 0.642. The number of rotatable bonds is 7. The van der Waals surface area contributed by atoms with E-state index in [1.165, 1.54) is 38.6 Å². The molecule has 0 amide bonds. The Morgan fingerprint density at radius 3 is 2.57 bits per heavy atom. The molecule has 1 unspecified atom stereocenters. The number of nitrogens with one attached hydrogen (secondary N) is 1. The second-order valence-electron chi connectivity index (χ2n) is 7.11. The molecule has 1 heterocycles. The molecule has 0 bridgehead atoms. The van der Waals surface area contributed by atoms with Gasteiger partial charge in [-0.1, -0.05) is 33.1 Å². The van der Waals surface area contributed by atoms with Crippen molar-refractivity contribution in [3.63, 3.8) is 0 Å². The average molecular weight is 298 g/mol. The zero-order chi connectivity index (χ0) is 15.1. The highest BCUT2D eigenvalue weighted by molar-refractivity contribution is 5.00. The van der Waals surface area contributed by atoms with E-state index in [4.69, 9.17) is 9.47 Å². The quantitative estimate of drug-likeness (QED) is 0.731. The number of nitrogens with zero attached hydrogens (tertiary/aromatic N) is 1. The first-order chi connectivity index (χ1) is 10.2. The van der Waals surface area contributed by atoms with Crippen molar-refractivity contribution < 1.29 is 9.47 Å². The molecule has 2 aliphatic rings. The number of hydrogen-bond acceptors (Lipinski definition) is 4. The second-order valence-corrected chi connectivity index (χ2v) is 7.11. The summed E-state index contributed by atoms with van der Waals surface area (Å²) >= 11 is 0. The Morgan fingerprint density at radius 1 is 1.14 bits per heavy atom. The highest BCUT2D eigenvalue weighted by atomic mass is 16.5. The van der Waals surface area contributed by atoms with Gasteiger partial charge in [-0.3, -0.25) is 4.90 Å². The summed E-state index contributed by atoms with van der Waals surface area (Å²) in [5, 5.41) is 3.90. The maximum Gasteiger partial charge on any atom is 0.0700 e. The zero-order valence-electron chi connectivity index (χ0n) is 14.2. The molecule has 0 aromatic heterocycles. The van der Waals surface area contributed by atoms with Crippen molar-refractivity contribution >= 4 is 0 Å². The van der Waals surface area contributed by atoms with Gasteiger partial charge in [0.25, 0.3) is 0 Å². The topological polar surface area (TPSA) is 33.7 Å². The number of ether oxygens (including phenoxy) is 2. The third-order valence-electron chi connectivity index (χ3n) is 5.20. The van der Waals surface area contributed by atoms with Crippen LogP contribution < -0.4 is 5.32 Å². The Balaban J connectivity index is 1.85. The van der Waals surface area contributed by atoms with Crippen LogP contribution >= 0.6 is 0 Å². The minimum absolute atomic E-state index is 0.385. The molecule has 0 aromatic carbocycles. The predicted molar refractivity (Wildman–Crippen MR) is 86.7 cm³/mol. The summed E-state index contributed by atoms with van der Waals surface area (Å²) in [5.41, 5.74) is 0.385. The fraction of sp³-hybridized carbons (Fsp3) is 1.00. The smallest absolute Gasteiger partial charge is 0.0700 e. The lowest BCUT2D eigenvalue weighted by Gasteiger charge is -2.51. The molecule has 1 saturated carbocycles. The molecule has 1 saturated heterocycles. The van der Waals surface area contributed by atoms with E-state index in [1.54, 1.807) is 7.11 Å². The van der Waals surface area contributed by atoms with Crippen molar-refractivity contribution in [1.82, 2.24) is 10.2 Å². The van der Waals surface area contributed by atoms with E-state index in [2.05, 4.69) is 24.1 Å². The monoisotopic (exact) mass is 298 g/mol. The predicted octanol–water partition coefficient (Wildman–Crippen LogP) is 2.28. The van der Waals surface area contributed by atoms with Crippen LogP contribution in [0.2, 0.25) is 0 Å². The van der Waals surface area contributed by atoms with Gasteiger partial charge in [-0.2, -0.15) is 0 Å². The normalized spacial score (nSPS) is 26.6. The summed E-state index contributed by atoms with van der Waals surface area (Å²) < 4.78 is 10.7. The Hall–Kier alpha value is -0.160. The van der Waals surface area contributed by atoms with Gasteiger partial charge in [0, 0.05) is 38.3 Å². The molecule has 1 atom stereocenters. The fourth-order valence-electron chi connectivity index (χ4n) is 3.90. The third-order valence-corrected chi connectivity index (χ3v) is 5.20. The number of methoxy groups -OCH3 is 1. The van der Waals surface area contributed by atoms with Crippen LogP contribution in [0.15, 0.2) is 0 Å². The van der Waals surface area contributed by atoms with Crippen molar-refractivity contribution in [3.8, 4) is 0 Å². The highest BCUT2D eigenvalue weighted by Gasteiger charge is 2.40. The minimum atomic E-state index is 0.385. The highest BCUT2D eigenvalue weighted by Crippen LogP contribution is 2.32. The molecule has 1 spiro atoms. The van der Waals surface area contributed by atoms with Gasteiger partial charge >= 0.3 is 0 Å². The lowest BCUT2D eigenvalue weighted by Crippen LogP contribution is -2.66. The molecule has 1 aliphatic heterocycles. The van der Waals surface area contributed by atoms with Crippen LogP contribution in [0.4, 0.5) is 0 Å². The molecule has 124 valence electrons. The Kier molecular flexibility index (Phi) is 6.93. The lowest BCUT2D eigenvalue weighted by atomic mass is 9.78. The molecule has 1 aliphatic carbocycles. The Bertz CT molecular complexity index is 291. The van der Waals surface area contributed by atoms with Crippen LogP contribution in [0.5, 0.6) is 0 Å². The first-order valence-corrected chi connectivity index (χ1v) is 8.73. The third kappa shape index (κ3) is 4.92. The summed E-state index contributed by atoms with van der Waals surface area (Å²) in [6.07, 6.45) is 6.88. The van der Waals surface area contributed by atoms with E-state index >= 15 is 0 Å². The first kappa shape index (κ1) is 17.2. The molecule has 0 radical (unpaired) electrons. The summed E-state index contributed by atoms with van der Waals surface area (Å²) in [6.45, 7) is 10.3. The summed E-state index contributed by atoms with van der Waals surface area (Å²) in [7, 11) is 1.72. The molecule has 4 heteroatoms. The van der Waals surface area contributed by atoms with E-state index in [0.717, 1.165) is 19.7 Å². The average Bonchev–Trinajstić information content (AvgIpc) is 2.48. The van der Waals surface area contributed by atoms with E-state index < -0.39 is 0 Å². The molecule has 0 aromatic rings. The Labute approximate surface area is 130 Å². The molecular formula is C17H34N2O2. The van der Waals surface area contributed by atoms with E-state index in [9.17, 15) is 0 Å². The lowest BCUT2D eigenvalue weighted by molar-refractivity contribution is 0.00457. The van der Waals surface area contributed by atoms with Crippen LogP contribution in [-0.4, -0.2) is 63.0 Å². The van der Waals surface area contributed by atoms with Crippen molar-refractivity contribution in [2.24, 2.45) is 5.92 Å². The molecule has 1 N–H and O–H groups in total. The standard InChI is InChI=1S/C17H34N2O2/c1-15(2)16-13-18-17(7-5-4-6-8-17)14-19(16)9-10-21-12-11-20-3/h15-16,18H,4-14H2,1-3H3. The van der Waals surface area contributed by atoms with Gasteiger partial charge in [-0.05, 0) is 18.8 Å². The van der Waals surface area contributed by atoms with Crippen molar-refractivity contribution in [3.05, 3.63) is 0 Å². The summed E-state index contributed by atoms with van der Waals surface area (Å²) in [4.78, 5) is 2.68. The largest absolute Gasteiger partial charge is 0.382 e. The van der Waals surface area contributed by atoms with Gasteiger partial charge in [0.2, 0.25) is 0 Å². The Morgan fingerprint density at radius 2 is 1.90 bits per heavy atom. The van der Waals surface area contributed by atoms with Crippen LogP contribution in [0, 0.1) is 5.92 Å². The van der Waals surface area contributed by atoms with Gasteiger partial charge in [-0.25, -0.2) is 0 Å². The SMILES string of the molecule is COCCOCCN1CC2(CCCCC2)NCC1C(C)C. The van der Waals surface area contributed by atoms with Crippen LogP contribution in [0.3, 0.4) is 0 Å². The van der Waals surface area contributed by atoms with E-state index in [-0.39, 0.29) is 0 Å².